The Kier molecular flexibility index (Phi) is 3.11. The van der Waals surface area contributed by atoms with Crippen LogP contribution < -0.4 is 5.32 Å². The fourth-order valence-electron chi connectivity index (χ4n) is 4.66. The molecular weight excluding hydrogens is 254 g/mol. The maximum absolute atomic E-state index is 12.2. The Labute approximate surface area is 120 Å². The Hall–Kier alpha value is -1.06. The monoisotopic (exact) mass is 279 g/mol. The van der Waals surface area contributed by atoms with Gasteiger partial charge in [-0.2, -0.15) is 0 Å². The number of hydrogen-bond donors (Lipinski definition) is 1. The van der Waals surface area contributed by atoms with Gasteiger partial charge in [0.1, 0.15) is 11.4 Å². The van der Waals surface area contributed by atoms with Crippen LogP contribution in [0.15, 0.2) is 0 Å². The van der Waals surface area contributed by atoms with E-state index < -0.39 is 5.60 Å². The minimum absolute atomic E-state index is 0.163. The van der Waals surface area contributed by atoms with Gasteiger partial charge in [0.15, 0.2) is 0 Å². The SMILES string of the molecule is CC(C)(C)OC(=O)NC12CC3CC(=O)C(CC(C3)C1)C2. The van der Waals surface area contributed by atoms with Gasteiger partial charge in [0.2, 0.25) is 0 Å². The number of carbonyl (C=O) groups excluding carboxylic acids is 2. The predicted octanol–water partition coefficient (Wildman–Crippen LogP) is 3.05. The molecule has 112 valence electrons. The van der Waals surface area contributed by atoms with Crippen LogP contribution in [0.3, 0.4) is 0 Å². The summed E-state index contributed by atoms with van der Waals surface area (Å²) in [6.45, 7) is 5.63. The van der Waals surface area contributed by atoms with Crippen LogP contribution >= 0.6 is 0 Å². The Bertz CT molecular complexity index is 439. The summed E-state index contributed by atoms with van der Waals surface area (Å²) in [6, 6.07) is 0. The molecule has 4 aliphatic rings. The average molecular weight is 279 g/mol. The van der Waals surface area contributed by atoms with E-state index in [4.69, 9.17) is 4.74 Å². The summed E-state index contributed by atoms with van der Waals surface area (Å²) in [5, 5.41) is 3.13. The van der Waals surface area contributed by atoms with Gasteiger partial charge in [0.25, 0.3) is 0 Å². The highest BCUT2D eigenvalue weighted by molar-refractivity contribution is 5.82. The first kappa shape index (κ1) is 13.9. The molecule has 1 amide bonds. The zero-order valence-corrected chi connectivity index (χ0v) is 12.7. The summed E-state index contributed by atoms with van der Waals surface area (Å²) < 4.78 is 5.41. The van der Waals surface area contributed by atoms with Gasteiger partial charge < -0.3 is 10.1 Å². The highest BCUT2D eigenvalue weighted by Crippen LogP contribution is 2.52. The van der Waals surface area contributed by atoms with E-state index in [2.05, 4.69) is 5.32 Å². The number of fused-ring (bicyclic) bond motifs is 1. The molecular formula is C16H25NO3. The highest BCUT2D eigenvalue weighted by atomic mass is 16.6. The van der Waals surface area contributed by atoms with Gasteiger partial charge in [-0.15, -0.1) is 0 Å². The lowest BCUT2D eigenvalue weighted by Gasteiger charge is -2.48. The number of ether oxygens (including phenoxy) is 1. The van der Waals surface area contributed by atoms with Crippen LogP contribution in [-0.2, 0) is 9.53 Å². The second-order valence-corrected chi connectivity index (χ2v) is 8.09. The normalized spacial score (nSPS) is 39.5. The van der Waals surface area contributed by atoms with E-state index in [0.717, 1.165) is 32.1 Å². The summed E-state index contributed by atoms with van der Waals surface area (Å²) in [7, 11) is 0. The Morgan fingerprint density at radius 3 is 2.60 bits per heavy atom. The van der Waals surface area contributed by atoms with Crippen molar-refractivity contribution in [3.05, 3.63) is 0 Å². The third kappa shape index (κ3) is 2.70. The third-order valence-corrected chi connectivity index (χ3v) is 4.99. The molecule has 4 saturated carbocycles. The van der Waals surface area contributed by atoms with E-state index in [1.165, 1.54) is 6.42 Å². The fourth-order valence-corrected chi connectivity index (χ4v) is 4.66. The van der Waals surface area contributed by atoms with Crippen LogP contribution in [-0.4, -0.2) is 23.0 Å². The van der Waals surface area contributed by atoms with E-state index in [-0.39, 0.29) is 17.6 Å². The van der Waals surface area contributed by atoms with Gasteiger partial charge in [-0.25, -0.2) is 4.79 Å². The first-order valence-electron chi connectivity index (χ1n) is 7.79. The lowest BCUT2D eigenvalue weighted by Crippen LogP contribution is -2.56. The average Bonchev–Trinajstić information content (AvgIpc) is 2.37. The van der Waals surface area contributed by atoms with E-state index >= 15 is 0 Å². The van der Waals surface area contributed by atoms with Crippen LogP contribution in [0, 0.1) is 17.8 Å². The van der Waals surface area contributed by atoms with Gasteiger partial charge in [-0.05, 0) is 64.7 Å². The van der Waals surface area contributed by atoms with Crippen LogP contribution in [0.4, 0.5) is 4.79 Å². The second kappa shape index (κ2) is 4.47. The van der Waals surface area contributed by atoms with Crippen LogP contribution in [0.2, 0.25) is 0 Å². The molecule has 0 aromatic rings. The van der Waals surface area contributed by atoms with Crippen LogP contribution in [0.25, 0.3) is 0 Å². The standard InChI is InChI=1S/C16H25NO3/c1-15(2,3)20-14(19)17-16-7-10-4-11(8-16)6-13(18)12(5-10)9-16/h10-12H,4-9H2,1-3H3,(H,17,19). The zero-order valence-electron chi connectivity index (χ0n) is 12.7. The lowest BCUT2D eigenvalue weighted by atomic mass is 9.63. The molecule has 4 atom stereocenters. The van der Waals surface area contributed by atoms with Crippen molar-refractivity contribution in [1.29, 1.82) is 0 Å². The molecule has 20 heavy (non-hydrogen) atoms. The molecule has 0 aromatic carbocycles. The first-order chi connectivity index (χ1) is 9.25. The molecule has 4 nitrogen and oxygen atoms in total. The van der Waals surface area contributed by atoms with Crippen molar-refractivity contribution < 1.29 is 14.3 Å². The van der Waals surface area contributed by atoms with E-state index in [0.29, 0.717) is 17.6 Å². The quantitative estimate of drug-likeness (QED) is 0.802. The molecule has 4 unspecified atom stereocenters. The number of ketones is 1. The zero-order chi connectivity index (χ0) is 14.5. The van der Waals surface area contributed by atoms with Crippen LogP contribution in [0.1, 0.15) is 59.3 Å². The molecule has 0 spiro atoms. The van der Waals surface area contributed by atoms with E-state index in [9.17, 15) is 9.59 Å². The second-order valence-electron chi connectivity index (χ2n) is 8.09. The van der Waals surface area contributed by atoms with Crippen molar-refractivity contribution in [2.45, 2.75) is 70.4 Å². The van der Waals surface area contributed by atoms with Gasteiger partial charge >= 0.3 is 6.09 Å². The number of Topliss-reactive ketones (excluding diaryl/α,β-unsaturated/α-hetero) is 1. The maximum Gasteiger partial charge on any atom is 0.408 e. The number of carbonyl (C=O) groups is 2. The first-order valence-corrected chi connectivity index (χ1v) is 7.79. The number of amides is 1. The van der Waals surface area contributed by atoms with Crippen molar-refractivity contribution in [1.82, 2.24) is 5.32 Å². The molecule has 4 aliphatic carbocycles. The predicted molar refractivity (Wildman–Crippen MR) is 75.3 cm³/mol. The highest BCUT2D eigenvalue weighted by Gasteiger charge is 2.52. The number of rotatable bonds is 1. The van der Waals surface area contributed by atoms with Crippen LogP contribution in [0.5, 0.6) is 0 Å². The summed E-state index contributed by atoms with van der Waals surface area (Å²) in [4.78, 5) is 24.3. The largest absolute Gasteiger partial charge is 0.444 e. The van der Waals surface area contributed by atoms with Crippen molar-refractivity contribution in [2.75, 3.05) is 0 Å². The molecule has 0 heterocycles. The summed E-state index contributed by atoms with van der Waals surface area (Å²) in [6.07, 6.45) is 5.38. The molecule has 4 heteroatoms. The Balaban J connectivity index is 1.75. The Morgan fingerprint density at radius 2 is 1.90 bits per heavy atom. The van der Waals surface area contributed by atoms with Crippen molar-refractivity contribution in [3.63, 3.8) is 0 Å². The van der Waals surface area contributed by atoms with Crippen molar-refractivity contribution in [3.8, 4) is 0 Å². The lowest BCUT2D eigenvalue weighted by molar-refractivity contribution is -0.123. The minimum Gasteiger partial charge on any atom is -0.444 e. The Morgan fingerprint density at radius 1 is 1.20 bits per heavy atom. The maximum atomic E-state index is 12.2. The molecule has 1 N–H and O–H groups in total. The molecule has 4 rings (SSSR count). The van der Waals surface area contributed by atoms with E-state index in [1.54, 1.807) is 0 Å². The van der Waals surface area contributed by atoms with E-state index in [1.807, 2.05) is 20.8 Å². The molecule has 4 fully saturated rings. The number of hydrogen-bond acceptors (Lipinski definition) is 3. The minimum atomic E-state index is -0.474. The number of nitrogens with one attached hydrogen (secondary N) is 1. The van der Waals surface area contributed by atoms with Gasteiger partial charge in [0, 0.05) is 17.9 Å². The fraction of sp³-hybridized carbons (Fsp3) is 0.875. The summed E-state index contributed by atoms with van der Waals surface area (Å²) in [5.74, 6) is 1.65. The van der Waals surface area contributed by atoms with Gasteiger partial charge in [-0.1, -0.05) is 0 Å². The third-order valence-electron chi connectivity index (χ3n) is 4.99. The topological polar surface area (TPSA) is 55.4 Å². The summed E-state index contributed by atoms with van der Waals surface area (Å²) >= 11 is 0. The molecule has 4 bridgehead atoms. The van der Waals surface area contributed by atoms with Gasteiger partial charge in [-0.3, -0.25) is 4.79 Å². The summed E-state index contributed by atoms with van der Waals surface area (Å²) in [5.41, 5.74) is -0.663. The van der Waals surface area contributed by atoms with Crippen molar-refractivity contribution >= 4 is 11.9 Å². The molecule has 0 aliphatic heterocycles. The molecule has 0 radical (unpaired) electrons. The van der Waals surface area contributed by atoms with Gasteiger partial charge in [0.05, 0.1) is 0 Å². The molecule has 0 aromatic heterocycles. The smallest absolute Gasteiger partial charge is 0.408 e. The number of alkyl carbamates (subject to hydrolysis) is 1. The molecule has 0 saturated heterocycles. The van der Waals surface area contributed by atoms with Crippen molar-refractivity contribution in [2.24, 2.45) is 17.8 Å².